The van der Waals surface area contributed by atoms with Gasteiger partial charge in [0.1, 0.15) is 0 Å². The minimum absolute atomic E-state index is 0.105. The van der Waals surface area contributed by atoms with Crippen LogP contribution in [0.1, 0.15) is 17.5 Å². The van der Waals surface area contributed by atoms with Crippen molar-refractivity contribution in [3.05, 3.63) is 53.9 Å². The second-order valence-corrected chi connectivity index (χ2v) is 6.01. The van der Waals surface area contributed by atoms with Crippen LogP contribution in [-0.4, -0.2) is 45.2 Å². The lowest BCUT2D eigenvalue weighted by molar-refractivity contribution is 0.0498. The predicted molar refractivity (Wildman–Crippen MR) is 89.7 cm³/mol. The van der Waals surface area contributed by atoms with Gasteiger partial charge in [0.05, 0.1) is 6.10 Å². The first-order valence-electron chi connectivity index (χ1n) is 7.95. The Labute approximate surface area is 136 Å². The van der Waals surface area contributed by atoms with E-state index >= 15 is 0 Å². The maximum Gasteiger partial charge on any atom is 0.222 e. The van der Waals surface area contributed by atoms with Gasteiger partial charge in [-0.2, -0.15) is 0 Å². The molecule has 2 atom stereocenters. The molecule has 0 bridgehead atoms. The Balaban J connectivity index is 1.51. The monoisotopic (exact) mass is 313 g/mol. The van der Waals surface area contributed by atoms with Crippen LogP contribution >= 0.6 is 0 Å². The summed E-state index contributed by atoms with van der Waals surface area (Å²) < 4.78 is 0. The van der Waals surface area contributed by atoms with E-state index in [9.17, 15) is 5.11 Å². The zero-order valence-corrected chi connectivity index (χ0v) is 13.1. The van der Waals surface area contributed by atoms with Crippen LogP contribution in [-0.2, 0) is 13.1 Å². The number of piperidine rings is 1. The molecule has 1 fully saturated rings. The van der Waals surface area contributed by atoms with E-state index in [2.05, 4.69) is 32.3 Å². The van der Waals surface area contributed by atoms with Gasteiger partial charge in [0.2, 0.25) is 5.95 Å². The van der Waals surface area contributed by atoms with Crippen LogP contribution in [0.4, 0.5) is 5.95 Å². The maximum atomic E-state index is 9.84. The smallest absolute Gasteiger partial charge is 0.222 e. The number of aliphatic hydroxyl groups excluding tert-OH is 1. The zero-order valence-electron chi connectivity index (χ0n) is 13.1. The molecule has 6 heteroatoms. The Bertz CT molecular complexity index is 604. The Morgan fingerprint density at radius 1 is 1.17 bits per heavy atom. The average molecular weight is 313 g/mol. The second kappa shape index (κ2) is 7.50. The van der Waals surface area contributed by atoms with Crippen LogP contribution in [0.5, 0.6) is 0 Å². The Morgan fingerprint density at radius 3 is 2.61 bits per heavy atom. The first kappa shape index (κ1) is 15.9. The molecule has 0 saturated carbocycles. The molecule has 1 aliphatic heterocycles. The standard InChI is InChI=1S/C17H23N5O/c18-15-6-7-22(12-16(15)23)11-14-9-20-17(21-10-14)19-8-13-4-2-1-3-5-13/h1-5,9-10,15-16,23H,6-8,11-12,18H2,(H,19,20,21). The van der Waals surface area contributed by atoms with E-state index in [0.29, 0.717) is 19.0 Å². The number of nitrogens with one attached hydrogen (secondary N) is 1. The normalized spacial score (nSPS) is 22.0. The summed E-state index contributed by atoms with van der Waals surface area (Å²) in [5, 5.41) is 13.1. The highest BCUT2D eigenvalue weighted by atomic mass is 16.3. The third kappa shape index (κ3) is 4.48. The van der Waals surface area contributed by atoms with E-state index in [0.717, 1.165) is 25.1 Å². The van der Waals surface area contributed by atoms with Gasteiger partial charge in [0.25, 0.3) is 0 Å². The number of β-amino-alcohol motifs (C(OH)–C–C–N with tert-alkyl or cyclic N) is 1. The molecule has 2 aromatic rings. The molecule has 3 rings (SSSR count). The molecule has 4 N–H and O–H groups in total. The van der Waals surface area contributed by atoms with Gasteiger partial charge in [-0.05, 0) is 12.0 Å². The third-order valence-electron chi connectivity index (χ3n) is 4.12. The highest BCUT2D eigenvalue weighted by Crippen LogP contribution is 2.13. The lowest BCUT2D eigenvalue weighted by Crippen LogP contribution is -2.50. The largest absolute Gasteiger partial charge is 0.390 e. The third-order valence-corrected chi connectivity index (χ3v) is 4.12. The van der Waals surface area contributed by atoms with Crippen molar-refractivity contribution in [2.24, 2.45) is 5.73 Å². The number of hydrogen-bond acceptors (Lipinski definition) is 6. The van der Waals surface area contributed by atoms with Crippen LogP contribution < -0.4 is 11.1 Å². The van der Waals surface area contributed by atoms with Gasteiger partial charge in [-0.25, -0.2) is 9.97 Å². The number of hydrogen-bond donors (Lipinski definition) is 3. The maximum absolute atomic E-state index is 9.84. The molecular formula is C17H23N5O. The fourth-order valence-electron chi connectivity index (χ4n) is 2.72. The summed E-state index contributed by atoms with van der Waals surface area (Å²) in [6.07, 6.45) is 4.04. The highest BCUT2D eigenvalue weighted by Gasteiger charge is 2.24. The van der Waals surface area contributed by atoms with Crippen LogP contribution in [0.25, 0.3) is 0 Å². The van der Waals surface area contributed by atoms with Crippen molar-refractivity contribution in [1.82, 2.24) is 14.9 Å². The molecule has 1 saturated heterocycles. The lowest BCUT2D eigenvalue weighted by Gasteiger charge is -2.33. The highest BCUT2D eigenvalue weighted by molar-refractivity contribution is 5.27. The molecule has 0 spiro atoms. The lowest BCUT2D eigenvalue weighted by atomic mass is 10.0. The Kier molecular flexibility index (Phi) is 5.17. The molecule has 2 heterocycles. The first-order valence-corrected chi connectivity index (χ1v) is 7.95. The minimum Gasteiger partial charge on any atom is -0.390 e. The number of nitrogens with two attached hydrogens (primary N) is 1. The van der Waals surface area contributed by atoms with Gasteiger partial charge in [-0.15, -0.1) is 0 Å². The number of benzene rings is 1. The second-order valence-electron chi connectivity index (χ2n) is 6.01. The molecule has 23 heavy (non-hydrogen) atoms. The average Bonchev–Trinajstić information content (AvgIpc) is 2.58. The van der Waals surface area contributed by atoms with Crippen molar-refractivity contribution in [2.75, 3.05) is 18.4 Å². The molecule has 0 aliphatic carbocycles. The summed E-state index contributed by atoms with van der Waals surface area (Å²) in [5.74, 6) is 0.623. The fraction of sp³-hybridized carbons (Fsp3) is 0.412. The summed E-state index contributed by atoms with van der Waals surface area (Å²) in [6.45, 7) is 2.94. The molecule has 1 aromatic heterocycles. The van der Waals surface area contributed by atoms with E-state index in [1.54, 1.807) is 0 Å². The van der Waals surface area contributed by atoms with Crippen molar-refractivity contribution in [3.63, 3.8) is 0 Å². The van der Waals surface area contributed by atoms with Crippen molar-refractivity contribution in [1.29, 1.82) is 0 Å². The number of aliphatic hydroxyl groups is 1. The van der Waals surface area contributed by atoms with Gasteiger partial charge >= 0.3 is 0 Å². The summed E-state index contributed by atoms with van der Waals surface area (Å²) in [4.78, 5) is 10.9. The van der Waals surface area contributed by atoms with Crippen molar-refractivity contribution < 1.29 is 5.11 Å². The number of anilines is 1. The van der Waals surface area contributed by atoms with Gasteiger partial charge in [-0.3, -0.25) is 4.90 Å². The van der Waals surface area contributed by atoms with Crippen molar-refractivity contribution in [3.8, 4) is 0 Å². The Hall–Kier alpha value is -2.02. The van der Waals surface area contributed by atoms with E-state index in [-0.39, 0.29) is 6.04 Å². The summed E-state index contributed by atoms with van der Waals surface area (Å²) >= 11 is 0. The summed E-state index contributed by atoms with van der Waals surface area (Å²) in [7, 11) is 0. The van der Waals surface area contributed by atoms with Crippen LogP contribution in [0.2, 0.25) is 0 Å². The molecule has 1 aromatic carbocycles. The van der Waals surface area contributed by atoms with Crippen LogP contribution in [0.15, 0.2) is 42.7 Å². The number of aromatic nitrogens is 2. The summed E-state index contributed by atoms with van der Waals surface area (Å²) in [5.41, 5.74) is 8.06. The van der Waals surface area contributed by atoms with E-state index in [1.165, 1.54) is 5.56 Å². The number of nitrogens with zero attached hydrogens (tertiary/aromatic N) is 3. The van der Waals surface area contributed by atoms with Crippen molar-refractivity contribution in [2.45, 2.75) is 31.7 Å². The minimum atomic E-state index is -0.448. The predicted octanol–water partition coefficient (Wildman–Crippen LogP) is 0.983. The zero-order chi connectivity index (χ0) is 16.1. The van der Waals surface area contributed by atoms with Crippen LogP contribution in [0, 0.1) is 0 Å². The van der Waals surface area contributed by atoms with E-state index < -0.39 is 6.10 Å². The quantitative estimate of drug-likeness (QED) is 0.763. The van der Waals surface area contributed by atoms with Gasteiger partial charge in [0.15, 0.2) is 0 Å². The van der Waals surface area contributed by atoms with Gasteiger partial charge < -0.3 is 16.2 Å². The molecule has 6 nitrogen and oxygen atoms in total. The van der Waals surface area contributed by atoms with E-state index in [4.69, 9.17) is 5.73 Å². The number of likely N-dealkylation sites (tertiary alicyclic amines) is 1. The molecule has 0 radical (unpaired) electrons. The first-order chi connectivity index (χ1) is 11.2. The molecule has 1 aliphatic rings. The summed E-state index contributed by atoms with van der Waals surface area (Å²) in [6, 6.07) is 10.0. The molecular weight excluding hydrogens is 290 g/mol. The van der Waals surface area contributed by atoms with Crippen molar-refractivity contribution >= 4 is 5.95 Å². The van der Waals surface area contributed by atoms with Crippen LogP contribution in [0.3, 0.4) is 0 Å². The topological polar surface area (TPSA) is 87.3 Å². The fourth-order valence-corrected chi connectivity index (χ4v) is 2.72. The van der Waals surface area contributed by atoms with Gasteiger partial charge in [-0.1, -0.05) is 30.3 Å². The van der Waals surface area contributed by atoms with E-state index in [1.807, 2.05) is 30.6 Å². The van der Waals surface area contributed by atoms with Gasteiger partial charge in [0, 0.05) is 50.2 Å². The molecule has 2 unspecified atom stereocenters. The molecule has 0 amide bonds. The number of rotatable bonds is 5. The molecule has 122 valence electrons. The SMILES string of the molecule is NC1CCN(Cc2cnc(NCc3ccccc3)nc2)CC1O. The Morgan fingerprint density at radius 2 is 1.91 bits per heavy atom.